The molecular weight excluding hydrogens is 176 g/mol. The number of aryl methyl sites for hydroxylation is 1. The summed E-state index contributed by atoms with van der Waals surface area (Å²) in [7, 11) is 0. The van der Waals surface area contributed by atoms with E-state index in [-0.39, 0.29) is 0 Å². The third kappa shape index (κ3) is 2.20. The van der Waals surface area contributed by atoms with Crippen molar-refractivity contribution in [1.29, 1.82) is 0 Å². The quantitative estimate of drug-likeness (QED) is 0.707. The van der Waals surface area contributed by atoms with Gasteiger partial charge in [-0.25, -0.2) is 9.97 Å². The summed E-state index contributed by atoms with van der Waals surface area (Å²) in [4.78, 5) is 10.9. The fourth-order valence-electron chi connectivity index (χ4n) is 1.59. The van der Waals surface area contributed by atoms with Crippen LogP contribution in [-0.2, 0) is 0 Å². The van der Waals surface area contributed by atoms with Crippen LogP contribution < -0.4 is 10.2 Å². The second-order valence-electron chi connectivity index (χ2n) is 3.65. The zero-order valence-corrected chi connectivity index (χ0v) is 8.53. The smallest absolute Gasteiger partial charge is 0.225 e. The Balaban J connectivity index is 2.08. The van der Waals surface area contributed by atoms with Gasteiger partial charge in [0.1, 0.15) is 0 Å². The second kappa shape index (κ2) is 4.37. The third-order valence-electron chi connectivity index (χ3n) is 2.39. The van der Waals surface area contributed by atoms with Crippen LogP contribution in [0.15, 0.2) is 12.4 Å². The van der Waals surface area contributed by atoms with Gasteiger partial charge in [0.25, 0.3) is 0 Å². The van der Waals surface area contributed by atoms with Gasteiger partial charge in [-0.05, 0) is 25.5 Å². The van der Waals surface area contributed by atoms with Crippen LogP contribution >= 0.6 is 0 Å². The molecule has 0 bridgehead atoms. The van der Waals surface area contributed by atoms with E-state index in [1.54, 1.807) is 0 Å². The highest BCUT2D eigenvalue weighted by Crippen LogP contribution is 2.07. The SMILES string of the molecule is Cc1cnc(N2CCCNCC2)nc1. The Labute approximate surface area is 84.4 Å². The number of hydrogen-bond donors (Lipinski definition) is 1. The van der Waals surface area contributed by atoms with Crippen LogP contribution in [0.25, 0.3) is 0 Å². The number of nitrogens with one attached hydrogen (secondary N) is 1. The first-order chi connectivity index (χ1) is 6.86. The van der Waals surface area contributed by atoms with Crippen molar-refractivity contribution in [2.45, 2.75) is 13.3 Å². The molecule has 4 nitrogen and oxygen atoms in total. The molecule has 1 N–H and O–H groups in total. The lowest BCUT2D eigenvalue weighted by atomic mass is 10.4. The molecule has 76 valence electrons. The molecule has 0 aliphatic carbocycles. The predicted octanol–water partition coefficient (Wildman–Crippen LogP) is 0.585. The molecule has 0 aromatic carbocycles. The lowest BCUT2D eigenvalue weighted by molar-refractivity contribution is 0.724. The van der Waals surface area contributed by atoms with E-state index in [0.717, 1.165) is 44.1 Å². The van der Waals surface area contributed by atoms with Crippen LogP contribution in [0.5, 0.6) is 0 Å². The Morgan fingerprint density at radius 3 is 2.79 bits per heavy atom. The summed E-state index contributed by atoms with van der Waals surface area (Å²) in [5.41, 5.74) is 1.11. The monoisotopic (exact) mass is 192 g/mol. The highest BCUT2D eigenvalue weighted by molar-refractivity contribution is 5.29. The Morgan fingerprint density at radius 1 is 1.21 bits per heavy atom. The van der Waals surface area contributed by atoms with Crippen LogP contribution in [0.4, 0.5) is 5.95 Å². The van der Waals surface area contributed by atoms with Crippen LogP contribution in [0.3, 0.4) is 0 Å². The summed E-state index contributed by atoms with van der Waals surface area (Å²) in [6.07, 6.45) is 4.92. The zero-order chi connectivity index (χ0) is 9.80. The average Bonchev–Trinajstić information content (AvgIpc) is 2.47. The molecule has 1 aliphatic heterocycles. The van der Waals surface area contributed by atoms with Gasteiger partial charge >= 0.3 is 0 Å². The maximum atomic E-state index is 4.33. The molecular formula is C10H16N4. The topological polar surface area (TPSA) is 41.1 Å². The molecule has 1 saturated heterocycles. The van der Waals surface area contributed by atoms with Crippen molar-refractivity contribution < 1.29 is 0 Å². The van der Waals surface area contributed by atoms with Gasteiger partial charge in [-0.15, -0.1) is 0 Å². The summed E-state index contributed by atoms with van der Waals surface area (Å²) in [5, 5.41) is 3.36. The minimum absolute atomic E-state index is 0.860. The first-order valence-corrected chi connectivity index (χ1v) is 5.10. The minimum atomic E-state index is 0.860. The third-order valence-corrected chi connectivity index (χ3v) is 2.39. The van der Waals surface area contributed by atoms with Crippen molar-refractivity contribution in [3.8, 4) is 0 Å². The number of hydrogen-bond acceptors (Lipinski definition) is 4. The van der Waals surface area contributed by atoms with Crippen molar-refractivity contribution in [3.05, 3.63) is 18.0 Å². The number of aromatic nitrogens is 2. The van der Waals surface area contributed by atoms with Crippen molar-refractivity contribution >= 4 is 5.95 Å². The van der Waals surface area contributed by atoms with E-state index in [1.165, 1.54) is 0 Å². The van der Waals surface area contributed by atoms with E-state index in [9.17, 15) is 0 Å². The molecule has 1 fully saturated rings. The molecule has 4 heteroatoms. The van der Waals surface area contributed by atoms with Gasteiger partial charge in [-0.2, -0.15) is 0 Å². The molecule has 2 rings (SSSR count). The fraction of sp³-hybridized carbons (Fsp3) is 0.600. The van der Waals surface area contributed by atoms with Gasteiger partial charge in [-0.3, -0.25) is 0 Å². The van der Waals surface area contributed by atoms with Crippen molar-refractivity contribution in [1.82, 2.24) is 15.3 Å². The highest BCUT2D eigenvalue weighted by atomic mass is 15.3. The molecule has 0 spiro atoms. The van der Waals surface area contributed by atoms with Crippen LogP contribution in [0.2, 0.25) is 0 Å². The van der Waals surface area contributed by atoms with Crippen molar-refractivity contribution in [3.63, 3.8) is 0 Å². The lowest BCUT2D eigenvalue weighted by Gasteiger charge is -2.19. The Hall–Kier alpha value is -1.16. The Morgan fingerprint density at radius 2 is 2.00 bits per heavy atom. The Bertz CT molecular complexity index is 275. The summed E-state index contributed by atoms with van der Waals surface area (Å²) >= 11 is 0. The van der Waals surface area contributed by atoms with Crippen LogP contribution in [0, 0.1) is 6.92 Å². The van der Waals surface area contributed by atoms with E-state index in [0.29, 0.717) is 0 Å². The number of anilines is 1. The summed E-state index contributed by atoms with van der Waals surface area (Å²) < 4.78 is 0. The molecule has 0 atom stereocenters. The molecule has 0 saturated carbocycles. The average molecular weight is 192 g/mol. The van der Waals surface area contributed by atoms with Crippen molar-refractivity contribution in [2.24, 2.45) is 0 Å². The lowest BCUT2D eigenvalue weighted by Crippen LogP contribution is -2.29. The van der Waals surface area contributed by atoms with E-state index in [1.807, 2.05) is 19.3 Å². The Kier molecular flexibility index (Phi) is 2.93. The van der Waals surface area contributed by atoms with Gasteiger partial charge in [0.05, 0.1) is 0 Å². The molecule has 1 aromatic rings. The van der Waals surface area contributed by atoms with Gasteiger partial charge in [0.15, 0.2) is 0 Å². The van der Waals surface area contributed by atoms with E-state index < -0.39 is 0 Å². The fourth-order valence-corrected chi connectivity index (χ4v) is 1.59. The highest BCUT2D eigenvalue weighted by Gasteiger charge is 2.10. The van der Waals surface area contributed by atoms with Gasteiger partial charge in [0.2, 0.25) is 5.95 Å². The largest absolute Gasteiger partial charge is 0.340 e. The molecule has 1 aliphatic rings. The molecule has 1 aromatic heterocycles. The zero-order valence-electron chi connectivity index (χ0n) is 8.53. The van der Waals surface area contributed by atoms with Gasteiger partial charge in [0, 0.05) is 32.0 Å². The first kappa shape index (κ1) is 9.40. The van der Waals surface area contributed by atoms with E-state index in [4.69, 9.17) is 0 Å². The molecule has 0 amide bonds. The first-order valence-electron chi connectivity index (χ1n) is 5.10. The van der Waals surface area contributed by atoms with E-state index >= 15 is 0 Å². The minimum Gasteiger partial charge on any atom is -0.340 e. The number of nitrogens with zero attached hydrogens (tertiary/aromatic N) is 3. The number of rotatable bonds is 1. The summed E-state index contributed by atoms with van der Waals surface area (Å²) in [6.45, 7) is 6.19. The molecule has 2 heterocycles. The van der Waals surface area contributed by atoms with Gasteiger partial charge < -0.3 is 10.2 Å². The second-order valence-corrected chi connectivity index (χ2v) is 3.65. The molecule has 14 heavy (non-hydrogen) atoms. The van der Waals surface area contributed by atoms with Crippen LogP contribution in [-0.4, -0.2) is 36.1 Å². The summed E-state index contributed by atoms with van der Waals surface area (Å²) in [5.74, 6) is 0.860. The standard InChI is InChI=1S/C10H16N4/c1-9-7-12-10(13-8-9)14-5-2-3-11-4-6-14/h7-8,11H,2-6H2,1H3. The van der Waals surface area contributed by atoms with E-state index in [2.05, 4.69) is 20.2 Å². The van der Waals surface area contributed by atoms with Gasteiger partial charge in [-0.1, -0.05) is 0 Å². The predicted molar refractivity (Wildman–Crippen MR) is 56.5 cm³/mol. The molecule has 0 unspecified atom stereocenters. The maximum absolute atomic E-state index is 4.33. The van der Waals surface area contributed by atoms with Crippen molar-refractivity contribution in [2.75, 3.05) is 31.1 Å². The van der Waals surface area contributed by atoms with Crippen LogP contribution in [0.1, 0.15) is 12.0 Å². The molecule has 0 radical (unpaired) electrons. The summed E-state index contributed by atoms with van der Waals surface area (Å²) in [6, 6.07) is 0. The normalized spacial score (nSPS) is 17.9. The maximum Gasteiger partial charge on any atom is 0.225 e.